The van der Waals surface area contributed by atoms with E-state index in [1.165, 1.54) is 13.2 Å². The van der Waals surface area contributed by atoms with Crippen LogP contribution in [0.25, 0.3) is 0 Å². The number of carboxylic acids is 1. The molecule has 82 valence electrons. The summed E-state index contributed by atoms with van der Waals surface area (Å²) in [6, 6.07) is 1.25. The van der Waals surface area contributed by atoms with Crippen LogP contribution in [0.5, 0.6) is 5.75 Å². The molecular formula is C9H9F2NO3. The molecule has 1 rings (SSSR count). The highest BCUT2D eigenvalue weighted by Crippen LogP contribution is 2.24. The quantitative estimate of drug-likeness (QED) is 0.833. The Labute approximate surface area is 84.5 Å². The maximum Gasteiger partial charge on any atom is 0.307 e. The second-order valence-electron chi connectivity index (χ2n) is 2.79. The smallest absolute Gasteiger partial charge is 0.307 e. The average Bonchev–Trinajstić information content (AvgIpc) is 2.16. The minimum Gasteiger partial charge on any atom is -0.495 e. The molecule has 0 radical (unpaired) electrons. The normalized spacial score (nSPS) is 10.4. The van der Waals surface area contributed by atoms with Crippen LogP contribution in [0.3, 0.4) is 0 Å². The zero-order valence-electron chi connectivity index (χ0n) is 7.91. The Hall–Kier alpha value is -1.72. The molecule has 0 aliphatic heterocycles. The number of carbonyl (C=O) groups is 1. The third-order valence-electron chi connectivity index (χ3n) is 1.76. The van der Waals surface area contributed by atoms with Crippen molar-refractivity contribution in [2.75, 3.05) is 7.11 Å². The Balaban J connectivity index is 3.10. The summed E-state index contributed by atoms with van der Waals surface area (Å²) in [5.74, 6) is -0.928. The molecule has 0 unspecified atom stereocenters. The lowest BCUT2D eigenvalue weighted by molar-refractivity contribution is -0.136. The van der Waals surface area contributed by atoms with Crippen LogP contribution in [0.2, 0.25) is 0 Å². The number of pyridine rings is 1. The fourth-order valence-corrected chi connectivity index (χ4v) is 1.11. The number of hydrogen-bond acceptors (Lipinski definition) is 3. The third-order valence-corrected chi connectivity index (χ3v) is 1.76. The van der Waals surface area contributed by atoms with Crippen LogP contribution in [0.4, 0.5) is 8.78 Å². The monoisotopic (exact) mass is 217 g/mol. The van der Waals surface area contributed by atoms with Gasteiger partial charge in [0.25, 0.3) is 6.43 Å². The number of aromatic nitrogens is 1. The van der Waals surface area contributed by atoms with Crippen LogP contribution in [-0.4, -0.2) is 23.2 Å². The molecule has 0 aromatic carbocycles. The Kier molecular flexibility index (Phi) is 3.54. The lowest BCUT2D eigenvalue weighted by Gasteiger charge is -2.07. The lowest BCUT2D eigenvalue weighted by atomic mass is 10.1. The van der Waals surface area contributed by atoms with Crippen molar-refractivity contribution >= 4 is 5.97 Å². The average molecular weight is 217 g/mol. The fourth-order valence-electron chi connectivity index (χ4n) is 1.11. The molecule has 1 aromatic heterocycles. The summed E-state index contributed by atoms with van der Waals surface area (Å²) < 4.78 is 29.6. The topological polar surface area (TPSA) is 59.4 Å². The highest BCUT2D eigenvalue weighted by atomic mass is 19.3. The molecule has 1 N–H and O–H groups in total. The number of nitrogens with zero attached hydrogens (tertiary/aromatic N) is 1. The van der Waals surface area contributed by atoms with E-state index in [2.05, 4.69) is 4.98 Å². The molecule has 0 aliphatic carbocycles. The number of hydrogen-bond donors (Lipinski definition) is 1. The number of ether oxygens (including phenoxy) is 1. The summed E-state index contributed by atoms with van der Waals surface area (Å²) in [5.41, 5.74) is -0.546. The van der Waals surface area contributed by atoms with E-state index in [-0.39, 0.29) is 11.3 Å². The van der Waals surface area contributed by atoms with Gasteiger partial charge in [0, 0.05) is 0 Å². The largest absolute Gasteiger partial charge is 0.495 e. The van der Waals surface area contributed by atoms with Crippen molar-refractivity contribution in [1.82, 2.24) is 4.98 Å². The first kappa shape index (κ1) is 11.4. The molecule has 1 aromatic rings. The first-order chi connectivity index (χ1) is 7.04. The van der Waals surface area contributed by atoms with Gasteiger partial charge in [-0.25, -0.2) is 8.78 Å². The van der Waals surface area contributed by atoms with Gasteiger partial charge in [-0.15, -0.1) is 0 Å². The van der Waals surface area contributed by atoms with Gasteiger partial charge in [0.2, 0.25) is 0 Å². The minimum atomic E-state index is -2.79. The molecule has 4 nitrogen and oxygen atoms in total. The second-order valence-corrected chi connectivity index (χ2v) is 2.79. The Morgan fingerprint density at radius 1 is 1.67 bits per heavy atom. The second kappa shape index (κ2) is 4.68. The van der Waals surface area contributed by atoms with Crippen molar-refractivity contribution in [3.05, 3.63) is 23.5 Å². The van der Waals surface area contributed by atoms with Gasteiger partial charge in [0.15, 0.2) is 0 Å². The van der Waals surface area contributed by atoms with E-state index in [9.17, 15) is 13.6 Å². The van der Waals surface area contributed by atoms with E-state index in [1.807, 2.05) is 0 Å². The highest BCUT2D eigenvalue weighted by Gasteiger charge is 2.17. The standard InChI is InChI=1S/C9H9F2NO3/c1-15-6-2-5(3-7(13)14)8(9(10)11)12-4-6/h2,4,9H,3H2,1H3,(H,13,14). The summed E-state index contributed by atoms with van der Waals surface area (Å²) in [7, 11) is 1.35. The summed E-state index contributed by atoms with van der Waals surface area (Å²) in [5, 5.41) is 8.52. The summed E-state index contributed by atoms with van der Waals surface area (Å²) in [6.45, 7) is 0. The molecule has 0 fully saturated rings. The number of methoxy groups -OCH3 is 1. The Morgan fingerprint density at radius 2 is 2.33 bits per heavy atom. The molecule has 0 spiro atoms. The van der Waals surface area contributed by atoms with Crippen LogP contribution in [0.1, 0.15) is 17.7 Å². The van der Waals surface area contributed by atoms with Gasteiger partial charge in [-0.3, -0.25) is 9.78 Å². The first-order valence-corrected chi connectivity index (χ1v) is 4.07. The maximum atomic E-state index is 12.4. The maximum absolute atomic E-state index is 12.4. The molecule has 6 heteroatoms. The van der Waals surface area contributed by atoms with Gasteiger partial charge in [-0.05, 0) is 11.6 Å². The Morgan fingerprint density at radius 3 is 2.80 bits per heavy atom. The summed E-state index contributed by atoms with van der Waals surface area (Å²) in [6.07, 6.45) is -2.15. The lowest BCUT2D eigenvalue weighted by Crippen LogP contribution is -2.06. The number of carboxylic acid groups (broad SMARTS) is 1. The van der Waals surface area contributed by atoms with Gasteiger partial charge in [-0.2, -0.15) is 0 Å². The zero-order chi connectivity index (χ0) is 11.4. The molecule has 1 heterocycles. The highest BCUT2D eigenvalue weighted by molar-refractivity contribution is 5.70. The van der Waals surface area contributed by atoms with Gasteiger partial charge in [-0.1, -0.05) is 0 Å². The first-order valence-electron chi connectivity index (χ1n) is 4.07. The van der Waals surface area contributed by atoms with Crippen LogP contribution >= 0.6 is 0 Å². The minimum absolute atomic E-state index is 0.0307. The van der Waals surface area contributed by atoms with Gasteiger partial charge < -0.3 is 9.84 Å². The van der Waals surface area contributed by atoms with Crippen molar-refractivity contribution in [2.24, 2.45) is 0 Å². The molecule has 0 amide bonds. The van der Waals surface area contributed by atoms with Crippen molar-refractivity contribution in [3.63, 3.8) is 0 Å². The van der Waals surface area contributed by atoms with Crippen molar-refractivity contribution < 1.29 is 23.4 Å². The van der Waals surface area contributed by atoms with Crippen LogP contribution in [0.15, 0.2) is 12.3 Å². The van der Waals surface area contributed by atoms with E-state index in [1.54, 1.807) is 0 Å². The summed E-state index contributed by atoms with van der Waals surface area (Å²) in [4.78, 5) is 13.9. The van der Waals surface area contributed by atoms with Gasteiger partial charge in [0.1, 0.15) is 11.4 Å². The van der Waals surface area contributed by atoms with Crippen LogP contribution < -0.4 is 4.74 Å². The molecule has 0 saturated heterocycles. The molecule has 15 heavy (non-hydrogen) atoms. The molecular weight excluding hydrogens is 208 g/mol. The molecule has 0 saturated carbocycles. The SMILES string of the molecule is COc1cnc(C(F)F)c(CC(=O)O)c1. The number of rotatable bonds is 4. The zero-order valence-corrected chi connectivity index (χ0v) is 7.91. The van der Waals surface area contributed by atoms with E-state index in [0.29, 0.717) is 0 Å². The summed E-state index contributed by atoms with van der Waals surface area (Å²) >= 11 is 0. The van der Waals surface area contributed by atoms with Gasteiger partial charge >= 0.3 is 5.97 Å². The third kappa shape index (κ3) is 2.87. The molecule has 0 bridgehead atoms. The predicted octanol–water partition coefficient (Wildman–Crippen LogP) is 1.65. The molecule has 0 aliphatic rings. The molecule has 0 atom stereocenters. The number of aliphatic carboxylic acids is 1. The fraction of sp³-hybridized carbons (Fsp3) is 0.333. The number of alkyl halides is 2. The van der Waals surface area contributed by atoms with Crippen molar-refractivity contribution in [1.29, 1.82) is 0 Å². The van der Waals surface area contributed by atoms with Gasteiger partial charge in [0.05, 0.1) is 19.7 Å². The van der Waals surface area contributed by atoms with Crippen LogP contribution in [-0.2, 0) is 11.2 Å². The van der Waals surface area contributed by atoms with Crippen molar-refractivity contribution in [2.45, 2.75) is 12.8 Å². The predicted molar refractivity (Wildman–Crippen MR) is 47.1 cm³/mol. The Bertz CT molecular complexity index is 368. The van der Waals surface area contributed by atoms with Crippen LogP contribution in [0, 0.1) is 0 Å². The van der Waals surface area contributed by atoms with Crippen molar-refractivity contribution in [3.8, 4) is 5.75 Å². The van der Waals surface area contributed by atoms with E-state index < -0.39 is 24.5 Å². The van der Waals surface area contributed by atoms with E-state index in [0.717, 1.165) is 6.20 Å². The van der Waals surface area contributed by atoms with E-state index >= 15 is 0 Å². The number of halogens is 2. The van der Waals surface area contributed by atoms with E-state index in [4.69, 9.17) is 9.84 Å².